The summed E-state index contributed by atoms with van der Waals surface area (Å²) in [6, 6.07) is 3.96. The summed E-state index contributed by atoms with van der Waals surface area (Å²) in [6.07, 6.45) is 0. The lowest BCUT2D eigenvalue weighted by molar-refractivity contribution is -0.131. The Labute approximate surface area is 165 Å². The molecule has 1 N–H and O–H groups in total. The van der Waals surface area contributed by atoms with E-state index in [0.717, 1.165) is 4.31 Å². The number of amides is 2. The van der Waals surface area contributed by atoms with Crippen molar-refractivity contribution in [1.82, 2.24) is 14.1 Å². The fourth-order valence-corrected chi connectivity index (χ4v) is 4.21. The monoisotopic (exact) mass is 416 g/mol. The third-order valence-corrected chi connectivity index (χ3v) is 6.94. The van der Waals surface area contributed by atoms with Crippen LogP contribution in [0.5, 0.6) is 0 Å². The molecule has 0 radical (unpaired) electrons. The summed E-state index contributed by atoms with van der Waals surface area (Å²) in [5.41, 5.74) is 0.360. The summed E-state index contributed by atoms with van der Waals surface area (Å²) < 4.78 is 25.8. The molecule has 1 aliphatic rings. The maximum atomic E-state index is 12.6. The van der Waals surface area contributed by atoms with Crippen LogP contribution in [0.25, 0.3) is 0 Å². The number of rotatable bonds is 5. The third-order valence-electron chi connectivity index (χ3n) is 4.64. The molecule has 2 amide bonds. The van der Waals surface area contributed by atoms with Gasteiger partial charge in [0.2, 0.25) is 21.8 Å². The van der Waals surface area contributed by atoms with Gasteiger partial charge in [-0.05, 0) is 25.1 Å². The second-order valence-corrected chi connectivity index (χ2v) is 9.17. The summed E-state index contributed by atoms with van der Waals surface area (Å²) in [5, 5.41) is 2.84. The van der Waals surface area contributed by atoms with E-state index in [2.05, 4.69) is 5.32 Å². The van der Waals surface area contributed by atoms with E-state index in [1.807, 2.05) is 4.90 Å². The predicted octanol–water partition coefficient (Wildman–Crippen LogP) is 1.08. The Kier molecular flexibility index (Phi) is 6.85. The van der Waals surface area contributed by atoms with Gasteiger partial charge in [-0.15, -0.1) is 0 Å². The minimum atomic E-state index is -3.72. The minimum Gasteiger partial charge on any atom is -0.340 e. The molecule has 1 fully saturated rings. The Morgan fingerprint density at radius 2 is 1.78 bits per heavy atom. The summed E-state index contributed by atoms with van der Waals surface area (Å²) in [6.45, 7) is 5.69. The Hall–Kier alpha value is -1.68. The van der Waals surface area contributed by atoms with E-state index in [1.165, 1.54) is 33.2 Å². The standard InChI is InChI=1S/C17H25ClN4O4S/c1-12(21-7-9-22(10-8-21)13(2)23)17(24)19-14-5-6-15(18)16(11-14)27(25,26)20(3)4/h5-6,11-12H,7-10H2,1-4H3,(H,19,24)/t12-/m0/s1. The van der Waals surface area contributed by atoms with Gasteiger partial charge in [0, 0.05) is 52.9 Å². The molecule has 2 rings (SSSR count). The van der Waals surface area contributed by atoms with Gasteiger partial charge in [0.25, 0.3) is 0 Å². The van der Waals surface area contributed by atoms with Crippen LogP contribution in [0.1, 0.15) is 13.8 Å². The van der Waals surface area contributed by atoms with Gasteiger partial charge in [-0.1, -0.05) is 11.6 Å². The van der Waals surface area contributed by atoms with Gasteiger partial charge in [-0.3, -0.25) is 14.5 Å². The van der Waals surface area contributed by atoms with Crippen LogP contribution < -0.4 is 5.32 Å². The molecule has 1 heterocycles. The Bertz CT molecular complexity index is 820. The smallest absolute Gasteiger partial charge is 0.244 e. The summed E-state index contributed by atoms with van der Waals surface area (Å²) in [4.78, 5) is 27.7. The number of anilines is 1. The van der Waals surface area contributed by atoms with Crippen molar-refractivity contribution < 1.29 is 18.0 Å². The Morgan fingerprint density at radius 3 is 2.30 bits per heavy atom. The number of hydrogen-bond donors (Lipinski definition) is 1. The fraction of sp³-hybridized carbons (Fsp3) is 0.529. The highest BCUT2D eigenvalue weighted by atomic mass is 35.5. The molecule has 0 aliphatic carbocycles. The van der Waals surface area contributed by atoms with Gasteiger partial charge in [0.05, 0.1) is 11.1 Å². The first-order valence-electron chi connectivity index (χ1n) is 8.56. The number of halogens is 1. The maximum absolute atomic E-state index is 12.6. The molecule has 10 heteroatoms. The summed E-state index contributed by atoms with van der Waals surface area (Å²) >= 11 is 6.03. The predicted molar refractivity (Wildman–Crippen MR) is 104 cm³/mol. The largest absolute Gasteiger partial charge is 0.340 e. The minimum absolute atomic E-state index is 0.0301. The lowest BCUT2D eigenvalue weighted by Gasteiger charge is -2.37. The molecule has 0 saturated carbocycles. The number of benzene rings is 1. The summed E-state index contributed by atoms with van der Waals surface area (Å²) in [5.74, 6) is -0.218. The molecule has 150 valence electrons. The number of sulfonamides is 1. The van der Waals surface area contributed by atoms with Gasteiger partial charge in [0.15, 0.2) is 0 Å². The number of piperazine rings is 1. The van der Waals surface area contributed by atoms with Crippen LogP contribution in [0.15, 0.2) is 23.1 Å². The zero-order valence-electron chi connectivity index (χ0n) is 15.9. The van der Waals surface area contributed by atoms with Gasteiger partial charge >= 0.3 is 0 Å². The van der Waals surface area contributed by atoms with Crippen LogP contribution >= 0.6 is 11.6 Å². The number of nitrogens with zero attached hydrogens (tertiary/aromatic N) is 3. The highest BCUT2D eigenvalue weighted by Crippen LogP contribution is 2.27. The van der Waals surface area contributed by atoms with Gasteiger partial charge in [0.1, 0.15) is 4.90 Å². The van der Waals surface area contributed by atoms with E-state index >= 15 is 0 Å². The quantitative estimate of drug-likeness (QED) is 0.775. The van der Waals surface area contributed by atoms with E-state index in [4.69, 9.17) is 11.6 Å². The molecular formula is C17H25ClN4O4S. The first-order chi connectivity index (χ1) is 12.5. The van der Waals surface area contributed by atoms with Crippen molar-refractivity contribution >= 4 is 39.1 Å². The average Bonchev–Trinajstić information content (AvgIpc) is 2.62. The fourth-order valence-electron chi connectivity index (χ4n) is 2.81. The average molecular weight is 417 g/mol. The van der Waals surface area contributed by atoms with Crippen molar-refractivity contribution in [3.05, 3.63) is 23.2 Å². The second-order valence-electron chi connectivity index (χ2n) is 6.64. The summed E-state index contributed by atoms with van der Waals surface area (Å²) in [7, 11) is -0.886. The first kappa shape index (κ1) is 21.6. The van der Waals surface area contributed by atoms with Crippen molar-refractivity contribution in [1.29, 1.82) is 0 Å². The number of carbonyl (C=O) groups excluding carboxylic acids is 2. The van der Waals surface area contributed by atoms with Gasteiger partial charge < -0.3 is 10.2 Å². The highest BCUT2D eigenvalue weighted by molar-refractivity contribution is 7.89. The normalized spacial score (nSPS) is 17.0. The molecule has 8 nitrogen and oxygen atoms in total. The molecule has 0 unspecified atom stereocenters. The van der Waals surface area contributed by atoms with Gasteiger partial charge in [-0.25, -0.2) is 12.7 Å². The van der Waals surface area contributed by atoms with Crippen LogP contribution in [0.3, 0.4) is 0 Å². The molecule has 1 aromatic carbocycles. The number of carbonyl (C=O) groups is 2. The topological polar surface area (TPSA) is 90.0 Å². The zero-order chi connectivity index (χ0) is 20.4. The van der Waals surface area contributed by atoms with Crippen molar-refractivity contribution in [3.63, 3.8) is 0 Å². The molecular weight excluding hydrogens is 392 g/mol. The van der Waals surface area contributed by atoms with Gasteiger partial charge in [-0.2, -0.15) is 0 Å². The first-order valence-corrected chi connectivity index (χ1v) is 10.4. The third kappa shape index (κ3) is 4.98. The molecule has 1 aromatic rings. The molecule has 0 bridgehead atoms. The van der Waals surface area contributed by atoms with Crippen LogP contribution in [0, 0.1) is 0 Å². The van der Waals surface area contributed by atoms with Crippen molar-refractivity contribution in [2.75, 3.05) is 45.6 Å². The number of nitrogens with one attached hydrogen (secondary N) is 1. The van der Waals surface area contributed by atoms with Crippen molar-refractivity contribution in [2.24, 2.45) is 0 Å². The Balaban J connectivity index is 2.09. The van der Waals surface area contributed by atoms with Crippen LogP contribution in [0.4, 0.5) is 5.69 Å². The molecule has 27 heavy (non-hydrogen) atoms. The molecule has 1 aliphatic heterocycles. The van der Waals surface area contributed by atoms with Crippen LogP contribution in [-0.2, 0) is 19.6 Å². The second kappa shape index (κ2) is 8.55. The molecule has 1 atom stereocenters. The van der Waals surface area contributed by atoms with Crippen molar-refractivity contribution in [2.45, 2.75) is 24.8 Å². The Morgan fingerprint density at radius 1 is 1.19 bits per heavy atom. The maximum Gasteiger partial charge on any atom is 0.244 e. The molecule has 0 spiro atoms. The van der Waals surface area contributed by atoms with E-state index in [1.54, 1.807) is 17.9 Å². The highest BCUT2D eigenvalue weighted by Gasteiger charge is 2.27. The molecule has 0 aromatic heterocycles. The van der Waals surface area contributed by atoms with Crippen molar-refractivity contribution in [3.8, 4) is 0 Å². The van der Waals surface area contributed by atoms with E-state index in [9.17, 15) is 18.0 Å². The lowest BCUT2D eigenvalue weighted by Crippen LogP contribution is -2.53. The van der Waals surface area contributed by atoms with Crippen LogP contribution in [0.2, 0.25) is 5.02 Å². The van der Waals surface area contributed by atoms with E-state index < -0.39 is 16.1 Å². The number of hydrogen-bond acceptors (Lipinski definition) is 5. The SMILES string of the molecule is CC(=O)N1CCN([C@@H](C)C(=O)Nc2ccc(Cl)c(S(=O)(=O)N(C)C)c2)CC1. The van der Waals surface area contributed by atoms with E-state index in [0.29, 0.717) is 31.9 Å². The lowest BCUT2D eigenvalue weighted by atomic mass is 10.2. The zero-order valence-corrected chi connectivity index (χ0v) is 17.5. The van der Waals surface area contributed by atoms with Crippen LogP contribution in [-0.4, -0.2) is 80.7 Å². The van der Waals surface area contributed by atoms with E-state index in [-0.39, 0.29) is 21.7 Å². The molecule has 1 saturated heterocycles.